The molecule has 3 amide bonds. The number of nitrogens with two attached hydrogens (primary N) is 1. The number of hydrogen-bond acceptors (Lipinski definition) is 6. The van der Waals surface area contributed by atoms with Gasteiger partial charge in [0.15, 0.2) is 11.0 Å². The predicted octanol–water partition coefficient (Wildman–Crippen LogP) is 2.57. The van der Waals surface area contributed by atoms with E-state index in [-0.39, 0.29) is 17.8 Å². The highest BCUT2D eigenvalue weighted by Gasteiger charge is 2.29. The van der Waals surface area contributed by atoms with Gasteiger partial charge in [-0.05, 0) is 43.0 Å². The summed E-state index contributed by atoms with van der Waals surface area (Å²) >= 11 is 1.22. The molecule has 1 aliphatic heterocycles. The fourth-order valence-corrected chi connectivity index (χ4v) is 4.18. The van der Waals surface area contributed by atoms with Crippen LogP contribution in [0.3, 0.4) is 0 Å². The standard InChI is InChI=1S/C19H24FN5O3S/c1-11(2)15(17(26)22-18(21)27)29-19-24-23-16(12-5-7-13(20)8-6-12)25(19)10-14-4-3-9-28-14/h5-8,11,14-15H,3-4,9-10H2,1-2H3,(H3,21,22,26,27)/t14-,15+/m1/s1. The molecule has 0 saturated carbocycles. The summed E-state index contributed by atoms with van der Waals surface area (Å²) in [5.74, 6) is -0.327. The minimum absolute atomic E-state index is 0.0153. The van der Waals surface area contributed by atoms with Crippen LogP contribution >= 0.6 is 11.8 Å². The van der Waals surface area contributed by atoms with Crippen molar-refractivity contribution in [1.82, 2.24) is 20.1 Å². The van der Waals surface area contributed by atoms with Crippen molar-refractivity contribution in [3.05, 3.63) is 30.1 Å². The van der Waals surface area contributed by atoms with E-state index < -0.39 is 17.2 Å². The maximum absolute atomic E-state index is 13.3. The fraction of sp³-hybridized carbons (Fsp3) is 0.474. The number of amides is 3. The number of imide groups is 1. The Kier molecular flexibility index (Phi) is 6.86. The van der Waals surface area contributed by atoms with Crippen LogP contribution in [-0.2, 0) is 16.1 Å². The van der Waals surface area contributed by atoms with Gasteiger partial charge in [-0.2, -0.15) is 0 Å². The smallest absolute Gasteiger partial charge is 0.318 e. The molecule has 10 heteroatoms. The molecule has 1 aromatic carbocycles. The highest BCUT2D eigenvalue weighted by Crippen LogP contribution is 2.31. The minimum Gasteiger partial charge on any atom is -0.376 e. The van der Waals surface area contributed by atoms with Gasteiger partial charge in [0.2, 0.25) is 5.91 Å². The van der Waals surface area contributed by atoms with Gasteiger partial charge in [0, 0.05) is 12.2 Å². The Morgan fingerprint density at radius 1 is 1.34 bits per heavy atom. The van der Waals surface area contributed by atoms with E-state index in [0.717, 1.165) is 12.8 Å². The van der Waals surface area contributed by atoms with Crippen molar-refractivity contribution in [3.63, 3.8) is 0 Å². The van der Waals surface area contributed by atoms with Crippen molar-refractivity contribution in [1.29, 1.82) is 0 Å². The van der Waals surface area contributed by atoms with Crippen molar-refractivity contribution in [2.24, 2.45) is 11.7 Å². The zero-order valence-electron chi connectivity index (χ0n) is 16.3. The fourth-order valence-electron chi connectivity index (χ4n) is 3.14. The number of aromatic nitrogens is 3. The molecule has 0 radical (unpaired) electrons. The van der Waals surface area contributed by atoms with Gasteiger partial charge in [-0.3, -0.25) is 14.7 Å². The van der Waals surface area contributed by atoms with Crippen LogP contribution in [0.5, 0.6) is 0 Å². The minimum atomic E-state index is -0.894. The molecule has 1 aromatic heterocycles. The molecule has 1 saturated heterocycles. The highest BCUT2D eigenvalue weighted by atomic mass is 32.2. The summed E-state index contributed by atoms with van der Waals surface area (Å²) < 4.78 is 21.0. The van der Waals surface area contributed by atoms with Crippen LogP contribution in [-0.4, -0.2) is 44.7 Å². The summed E-state index contributed by atoms with van der Waals surface area (Å²) in [5, 5.41) is 10.6. The van der Waals surface area contributed by atoms with Crippen molar-refractivity contribution in [2.75, 3.05) is 6.61 Å². The summed E-state index contributed by atoms with van der Waals surface area (Å²) in [5.41, 5.74) is 5.81. The summed E-state index contributed by atoms with van der Waals surface area (Å²) in [6.07, 6.45) is 1.92. The summed E-state index contributed by atoms with van der Waals surface area (Å²) in [4.78, 5) is 23.5. The van der Waals surface area contributed by atoms with Gasteiger partial charge in [0.1, 0.15) is 5.82 Å². The van der Waals surface area contributed by atoms with Crippen LogP contribution in [0.1, 0.15) is 26.7 Å². The number of halogens is 1. The molecule has 1 aliphatic rings. The number of thioether (sulfide) groups is 1. The average Bonchev–Trinajstić information content (AvgIpc) is 3.30. The van der Waals surface area contributed by atoms with E-state index in [1.165, 1.54) is 23.9 Å². The number of carbonyl (C=O) groups is 2. The molecule has 2 atom stereocenters. The zero-order valence-corrected chi connectivity index (χ0v) is 17.1. The van der Waals surface area contributed by atoms with Gasteiger partial charge in [0.05, 0.1) is 17.9 Å². The third-order valence-electron chi connectivity index (χ3n) is 4.57. The molecule has 156 valence electrons. The van der Waals surface area contributed by atoms with Gasteiger partial charge in [-0.1, -0.05) is 25.6 Å². The SMILES string of the molecule is CC(C)[C@H](Sc1nnc(-c2ccc(F)cc2)n1C[C@H]1CCCO1)C(=O)NC(N)=O. The molecule has 8 nitrogen and oxygen atoms in total. The maximum atomic E-state index is 13.3. The molecule has 0 unspecified atom stereocenters. The quantitative estimate of drug-likeness (QED) is 0.665. The Hall–Kier alpha value is -2.46. The van der Waals surface area contributed by atoms with E-state index in [2.05, 4.69) is 15.5 Å². The second-order valence-electron chi connectivity index (χ2n) is 7.19. The highest BCUT2D eigenvalue weighted by molar-refractivity contribution is 8.00. The van der Waals surface area contributed by atoms with Crippen molar-refractivity contribution >= 4 is 23.7 Å². The lowest BCUT2D eigenvalue weighted by Gasteiger charge is -2.20. The van der Waals surface area contributed by atoms with Crippen LogP contribution in [0, 0.1) is 11.7 Å². The molecule has 3 N–H and O–H groups in total. The molecule has 0 bridgehead atoms. The number of urea groups is 1. The van der Waals surface area contributed by atoms with Crippen molar-refractivity contribution in [2.45, 2.75) is 49.7 Å². The lowest BCUT2D eigenvalue weighted by molar-refractivity contribution is -0.120. The summed E-state index contributed by atoms with van der Waals surface area (Å²) in [6.45, 7) is 4.97. The molecule has 1 fully saturated rings. The van der Waals surface area contributed by atoms with Crippen LogP contribution in [0.25, 0.3) is 11.4 Å². The second-order valence-corrected chi connectivity index (χ2v) is 8.30. The monoisotopic (exact) mass is 421 g/mol. The topological polar surface area (TPSA) is 112 Å². The number of rotatable bonds is 7. The molecule has 2 aromatic rings. The Morgan fingerprint density at radius 3 is 2.66 bits per heavy atom. The Labute approximate surface area is 172 Å². The van der Waals surface area contributed by atoms with Crippen LogP contribution < -0.4 is 11.1 Å². The third-order valence-corrected chi connectivity index (χ3v) is 6.10. The van der Waals surface area contributed by atoms with E-state index >= 15 is 0 Å². The number of ether oxygens (including phenoxy) is 1. The lowest BCUT2D eigenvalue weighted by atomic mass is 10.1. The first kappa shape index (κ1) is 21.3. The largest absolute Gasteiger partial charge is 0.376 e. The summed E-state index contributed by atoms with van der Waals surface area (Å²) in [6, 6.07) is 5.11. The Balaban J connectivity index is 1.93. The summed E-state index contributed by atoms with van der Waals surface area (Å²) in [7, 11) is 0. The van der Waals surface area contributed by atoms with Gasteiger partial charge in [-0.25, -0.2) is 9.18 Å². The normalized spacial score (nSPS) is 17.4. The Morgan fingerprint density at radius 2 is 2.07 bits per heavy atom. The molecule has 0 spiro atoms. The molecule has 29 heavy (non-hydrogen) atoms. The number of carbonyl (C=O) groups excluding carboxylic acids is 2. The van der Waals surface area contributed by atoms with Crippen molar-refractivity contribution in [3.8, 4) is 11.4 Å². The van der Waals surface area contributed by atoms with E-state index in [1.54, 1.807) is 12.1 Å². The first-order valence-electron chi connectivity index (χ1n) is 9.43. The lowest BCUT2D eigenvalue weighted by Crippen LogP contribution is -2.42. The van der Waals surface area contributed by atoms with Gasteiger partial charge >= 0.3 is 6.03 Å². The number of nitrogens with one attached hydrogen (secondary N) is 1. The third kappa shape index (κ3) is 5.33. The van der Waals surface area contributed by atoms with E-state index in [9.17, 15) is 14.0 Å². The van der Waals surface area contributed by atoms with E-state index in [1.807, 2.05) is 18.4 Å². The second kappa shape index (κ2) is 9.36. The van der Waals surface area contributed by atoms with Crippen molar-refractivity contribution < 1.29 is 18.7 Å². The van der Waals surface area contributed by atoms with E-state index in [0.29, 0.717) is 29.7 Å². The zero-order chi connectivity index (χ0) is 21.0. The first-order valence-corrected chi connectivity index (χ1v) is 10.3. The number of benzene rings is 1. The molecule has 2 heterocycles. The number of primary amides is 1. The van der Waals surface area contributed by atoms with Gasteiger partial charge < -0.3 is 10.5 Å². The number of hydrogen-bond donors (Lipinski definition) is 2. The van der Waals surface area contributed by atoms with Crippen LogP contribution in [0.2, 0.25) is 0 Å². The maximum Gasteiger partial charge on any atom is 0.318 e. The average molecular weight is 421 g/mol. The van der Waals surface area contributed by atoms with Gasteiger partial charge in [-0.15, -0.1) is 10.2 Å². The van der Waals surface area contributed by atoms with Gasteiger partial charge in [0.25, 0.3) is 0 Å². The van der Waals surface area contributed by atoms with Crippen LogP contribution in [0.15, 0.2) is 29.4 Å². The van der Waals surface area contributed by atoms with Crippen LogP contribution in [0.4, 0.5) is 9.18 Å². The van der Waals surface area contributed by atoms with E-state index in [4.69, 9.17) is 10.5 Å². The molecular formula is C19H24FN5O3S. The first-order chi connectivity index (χ1) is 13.8. The predicted molar refractivity (Wildman–Crippen MR) is 107 cm³/mol. The molecular weight excluding hydrogens is 397 g/mol. The molecule has 3 rings (SSSR count). The Bertz CT molecular complexity index is 865. The number of nitrogens with zero attached hydrogens (tertiary/aromatic N) is 3. The molecule has 0 aliphatic carbocycles.